The maximum atomic E-state index is 11.4. The monoisotopic (exact) mass is 226 g/mol. The van der Waals surface area contributed by atoms with Gasteiger partial charge in [0.15, 0.2) is 0 Å². The van der Waals surface area contributed by atoms with E-state index in [0.29, 0.717) is 5.78 Å². The molecule has 0 saturated carbocycles. The third-order valence-corrected chi connectivity index (χ3v) is 2.92. The van der Waals surface area contributed by atoms with Crippen molar-refractivity contribution in [1.82, 2.24) is 19.6 Å². The second kappa shape index (κ2) is 2.99. The van der Waals surface area contributed by atoms with Crippen molar-refractivity contribution in [3.63, 3.8) is 0 Å². The summed E-state index contributed by atoms with van der Waals surface area (Å²) in [5.41, 5.74) is 1.54. The van der Waals surface area contributed by atoms with Crippen LogP contribution in [0.2, 0.25) is 0 Å². The molecular formula is C8H10N4O2S. The minimum Gasteiger partial charge on any atom is -0.255 e. The number of sulfone groups is 1. The Hall–Kier alpha value is -1.50. The summed E-state index contributed by atoms with van der Waals surface area (Å²) in [6.45, 7) is 3.61. The van der Waals surface area contributed by atoms with Crippen molar-refractivity contribution in [3.8, 4) is 0 Å². The highest BCUT2D eigenvalue weighted by molar-refractivity contribution is 7.90. The van der Waals surface area contributed by atoms with Gasteiger partial charge in [-0.1, -0.05) is 0 Å². The topological polar surface area (TPSA) is 77.2 Å². The molecule has 0 aliphatic carbocycles. The van der Waals surface area contributed by atoms with Crippen LogP contribution >= 0.6 is 0 Å². The summed E-state index contributed by atoms with van der Waals surface area (Å²) in [5.74, 6) is 0.313. The Morgan fingerprint density at radius 1 is 1.27 bits per heavy atom. The van der Waals surface area contributed by atoms with Gasteiger partial charge in [0.05, 0.1) is 0 Å². The highest BCUT2D eigenvalue weighted by atomic mass is 32.2. The third-order valence-electron chi connectivity index (χ3n) is 1.99. The molecule has 2 rings (SSSR count). The molecule has 0 aliphatic heterocycles. The van der Waals surface area contributed by atoms with Crippen LogP contribution in [0.15, 0.2) is 11.2 Å². The summed E-state index contributed by atoms with van der Waals surface area (Å²) in [5, 5.41) is 7.29. The van der Waals surface area contributed by atoms with E-state index in [0.717, 1.165) is 17.6 Å². The molecular weight excluding hydrogens is 216 g/mol. The first-order valence-electron chi connectivity index (χ1n) is 4.29. The van der Waals surface area contributed by atoms with Crippen molar-refractivity contribution in [1.29, 1.82) is 0 Å². The van der Waals surface area contributed by atoms with E-state index in [2.05, 4.69) is 15.2 Å². The van der Waals surface area contributed by atoms with E-state index in [9.17, 15) is 8.42 Å². The molecule has 15 heavy (non-hydrogen) atoms. The highest BCUT2D eigenvalue weighted by Gasteiger charge is 2.18. The Bertz CT molecular complexity index is 629. The molecule has 0 radical (unpaired) electrons. The first-order chi connectivity index (χ1) is 6.89. The lowest BCUT2D eigenvalue weighted by atomic mass is 10.3. The summed E-state index contributed by atoms with van der Waals surface area (Å²) >= 11 is 0. The molecule has 0 bridgehead atoms. The lowest BCUT2D eigenvalue weighted by Crippen LogP contribution is -2.06. The van der Waals surface area contributed by atoms with E-state index in [1.165, 1.54) is 4.40 Å². The van der Waals surface area contributed by atoms with Crippen molar-refractivity contribution in [2.45, 2.75) is 19.0 Å². The van der Waals surface area contributed by atoms with E-state index < -0.39 is 9.84 Å². The highest BCUT2D eigenvalue weighted by Crippen LogP contribution is 2.11. The quantitative estimate of drug-likeness (QED) is 0.691. The normalized spacial score (nSPS) is 12.2. The van der Waals surface area contributed by atoms with Crippen molar-refractivity contribution >= 4 is 15.6 Å². The number of fused-ring (bicyclic) bond motifs is 1. The zero-order valence-electron chi connectivity index (χ0n) is 8.59. The Kier molecular flexibility index (Phi) is 2.00. The van der Waals surface area contributed by atoms with Gasteiger partial charge in [0.1, 0.15) is 0 Å². The molecule has 2 aromatic rings. The summed E-state index contributed by atoms with van der Waals surface area (Å²) in [6, 6.07) is 1.78. The van der Waals surface area contributed by atoms with Gasteiger partial charge < -0.3 is 0 Å². The van der Waals surface area contributed by atoms with Gasteiger partial charge >= 0.3 is 0 Å². The molecule has 0 saturated heterocycles. The minimum absolute atomic E-state index is 0.0671. The minimum atomic E-state index is -3.37. The van der Waals surface area contributed by atoms with Crippen LogP contribution in [0.4, 0.5) is 0 Å². The van der Waals surface area contributed by atoms with E-state index in [4.69, 9.17) is 0 Å². The predicted octanol–water partition coefficient (Wildman–Crippen LogP) is 0.145. The molecule has 0 spiro atoms. The fourth-order valence-electron chi connectivity index (χ4n) is 1.44. The number of aryl methyl sites for hydroxylation is 2. The molecule has 0 N–H and O–H groups in total. The number of nitrogens with zero attached hydrogens (tertiary/aromatic N) is 4. The van der Waals surface area contributed by atoms with Crippen LogP contribution in [0.5, 0.6) is 0 Å². The van der Waals surface area contributed by atoms with E-state index >= 15 is 0 Å². The molecule has 0 unspecified atom stereocenters. The fourth-order valence-corrected chi connectivity index (χ4v) is 2.19. The second-order valence-corrected chi connectivity index (χ2v) is 5.34. The Morgan fingerprint density at radius 2 is 1.93 bits per heavy atom. The van der Waals surface area contributed by atoms with Gasteiger partial charge in [-0.25, -0.2) is 13.4 Å². The van der Waals surface area contributed by atoms with Crippen LogP contribution < -0.4 is 0 Å². The average molecular weight is 226 g/mol. The summed E-state index contributed by atoms with van der Waals surface area (Å²) in [4.78, 5) is 4.10. The molecule has 80 valence electrons. The number of hydrogen-bond acceptors (Lipinski definition) is 5. The Morgan fingerprint density at radius 3 is 2.53 bits per heavy atom. The molecule has 0 fully saturated rings. The zero-order valence-corrected chi connectivity index (χ0v) is 9.41. The number of rotatable bonds is 1. The summed E-state index contributed by atoms with van der Waals surface area (Å²) in [6.07, 6.45) is 1.10. The fraction of sp³-hybridized carbons (Fsp3) is 0.375. The first kappa shape index (κ1) is 10.0. The van der Waals surface area contributed by atoms with Crippen molar-refractivity contribution in [2.75, 3.05) is 6.26 Å². The maximum Gasteiger partial charge on any atom is 0.256 e. The van der Waals surface area contributed by atoms with E-state index in [1.807, 2.05) is 6.92 Å². The lowest BCUT2D eigenvalue weighted by Gasteiger charge is -2.02. The van der Waals surface area contributed by atoms with Gasteiger partial charge in [-0.15, -0.1) is 10.2 Å². The summed E-state index contributed by atoms with van der Waals surface area (Å²) in [7, 11) is -3.37. The second-order valence-electron chi connectivity index (χ2n) is 3.43. The lowest BCUT2D eigenvalue weighted by molar-refractivity contribution is 0.590. The molecule has 0 amide bonds. The Balaban J connectivity index is 2.93. The van der Waals surface area contributed by atoms with Crippen LogP contribution in [0, 0.1) is 13.8 Å². The van der Waals surface area contributed by atoms with E-state index in [-0.39, 0.29) is 5.16 Å². The van der Waals surface area contributed by atoms with Gasteiger partial charge in [0, 0.05) is 17.6 Å². The SMILES string of the molecule is Cc1cc(C)n2c(S(C)(=O)=O)nnc2n1. The van der Waals surface area contributed by atoms with Crippen molar-refractivity contribution in [3.05, 3.63) is 17.5 Å². The van der Waals surface area contributed by atoms with Crippen LogP contribution in [-0.2, 0) is 9.84 Å². The van der Waals surface area contributed by atoms with Crippen LogP contribution in [0.3, 0.4) is 0 Å². The van der Waals surface area contributed by atoms with Crippen LogP contribution in [0.1, 0.15) is 11.4 Å². The largest absolute Gasteiger partial charge is 0.256 e. The van der Waals surface area contributed by atoms with Gasteiger partial charge in [0.2, 0.25) is 9.84 Å². The molecule has 0 aliphatic rings. The van der Waals surface area contributed by atoms with Crippen molar-refractivity contribution in [2.24, 2.45) is 0 Å². The molecule has 7 heteroatoms. The third kappa shape index (κ3) is 1.58. The van der Waals surface area contributed by atoms with Crippen LogP contribution in [-0.4, -0.2) is 34.3 Å². The zero-order chi connectivity index (χ0) is 11.2. The van der Waals surface area contributed by atoms with Crippen LogP contribution in [0.25, 0.3) is 5.78 Å². The Labute approximate surface area is 86.9 Å². The smallest absolute Gasteiger partial charge is 0.255 e. The molecule has 2 heterocycles. The average Bonchev–Trinajstić information content (AvgIpc) is 2.45. The number of hydrogen-bond donors (Lipinski definition) is 0. The predicted molar refractivity (Wildman–Crippen MR) is 53.4 cm³/mol. The van der Waals surface area contributed by atoms with Crippen molar-refractivity contribution < 1.29 is 8.42 Å². The molecule has 6 nitrogen and oxygen atoms in total. The van der Waals surface area contributed by atoms with Gasteiger partial charge in [-0.3, -0.25) is 4.40 Å². The van der Waals surface area contributed by atoms with Gasteiger partial charge in [-0.05, 0) is 19.9 Å². The molecule has 0 atom stereocenters. The molecule has 0 aromatic carbocycles. The van der Waals surface area contributed by atoms with Gasteiger partial charge in [0.25, 0.3) is 10.9 Å². The number of aromatic nitrogens is 4. The van der Waals surface area contributed by atoms with E-state index in [1.54, 1.807) is 13.0 Å². The first-order valence-corrected chi connectivity index (χ1v) is 6.18. The standard InChI is InChI=1S/C8H10N4O2S/c1-5-4-6(2)12-7(9-5)10-11-8(12)15(3,13)14/h4H,1-3H3. The molecule has 2 aromatic heterocycles. The maximum absolute atomic E-state index is 11.4. The van der Waals surface area contributed by atoms with Gasteiger partial charge in [-0.2, -0.15) is 0 Å². The summed E-state index contributed by atoms with van der Waals surface area (Å²) < 4.78 is 24.2.